The summed E-state index contributed by atoms with van der Waals surface area (Å²) >= 11 is 0. The van der Waals surface area contributed by atoms with E-state index in [1.54, 1.807) is 0 Å². The first-order valence-corrected chi connectivity index (χ1v) is 10.4. The Morgan fingerprint density at radius 1 is 0.600 bits per heavy atom. The lowest BCUT2D eigenvalue weighted by Gasteiger charge is -2.15. The number of hydrogen-bond donors (Lipinski definition) is 0. The first kappa shape index (κ1) is 18.4. The number of fused-ring (bicyclic) bond motifs is 2. The minimum Gasteiger partial charge on any atom is -0.0905 e. The molecule has 144 valence electrons. The zero-order valence-electron chi connectivity index (χ0n) is 17.4. The first-order valence-electron chi connectivity index (χ1n) is 10.4. The third kappa shape index (κ3) is 2.76. The van der Waals surface area contributed by atoms with E-state index in [0.717, 1.165) is 5.22 Å². The van der Waals surface area contributed by atoms with Crippen molar-refractivity contribution in [3.8, 4) is 11.1 Å². The number of rotatable bonds is 1. The lowest BCUT2D eigenvalue weighted by Crippen LogP contribution is -2.11. The molecular formula is C30H24. The van der Waals surface area contributed by atoms with Gasteiger partial charge in [-0.25, -0.2) is 0 Å². The van der Waals surface area contributed by atoms with E-state index in [4.69, 9.17) is 0 Å². The zero-order valence-corrected chi connectivity index (χ0v) is 17.4. The molecule has 5 aromatic rings. The Morgan fingerprint density at radius 2 is 1.13 bits per heavy atom. The van der Waals surface area contributed by atoms with Gasteiger partial charge < -0.3 is 0 Å². The topological polar surface area (TPSA) is 0 Å². The molecule has 0 bridgehead atoms. The zero-order chi connectivity index (χ0) is 20.7. The van der Waals surface area contributed by atoms with E-state index in [0.29, 0.717) is 0 Å². The fraction of sp³-hybridized carbons (Fsp3) is 0.0667. The summed E-state index contributed by atoms with van der Waals surface area (Å²) in [5.74, 6) is 0. The van der Waals surface area contributed by atoms with Crippen molar-refractivity contribution >= 4 is 34.2 Å². The number of hydrogen-bond acceptors (Lipinski definition) is 0. The van der Waals surface area contributed by atoms with Gasteiger partial charge in [0.05, 0.1) is 0 Å². The fourth-order valence-electron chi connectivity index (χ4n) is 4.70. The van der Waals surface area contributed by atoms with Crippen molar-refractivity contribution in [1.29, 1.82) is 0 Å². The third-order valence-corrected chi connectivity index (χ3v) is 6.21. The third-order valence-electron chi connectivity index (χ3n) is 6.21. The SMILES string of the molecule is C=c1c(-c2c3ccccc3c(C)c3ccccc23)ccc/c1=c1\ccccc1=CC. The van der Waals surface area contributed by atoms with Gasteiger partial charge in [0, 0.05) is 0 Å². The van der Waals surface area contributed by atoms with Gasteiger partial charge in [0.1, 0.15) is 0 Å². The monoisotopic (exact) mass is 384 g/mol. The summed E-state index contributed by atoms with van der Waals surface area (Å²) in [6.07, 6.45) is 2.16. The van der Waals surface area contributed by atoms with E-state index < -0.39 is 0 Å². The summed E-state index contributed by atoms with van der Waals surface area (Å²) in [6.45, 7) is 8.89. The molecule has 0 heteroatoms. The molecule has 0 aromatic heterocycles. The van der Waals surface area contributed by atoms with Gasteiger partial charge in [0.15, 0.2) is 0 Å². The van der Waals surface area contributed by atoms with Crippen LogP contribution in [0.2, 0.25) is 0 Å². The van der Waals surface area contributed by atoms with E-state index >= 15 is 0 Å². The van der Waals surface area contributed by atoms with Crippen LogP contribution in [0.5, 0.6) is 0 Å². The van der Waals surface area contributed by atoms with Gasteiger partial charge in [0.25, 0.3) is 0 Å². The van der Waals surface area contributed by atoms with Gasteiger partial charge >= 0.3 is 0 Å². The van der Waals surface area contributed by atoms with Crippen LogP contribution in [0.4, 0.5) is 0 Å². The Hall–Kier alpha value is -3.64. The Bertz CT molecular complexity index is 1560. The van der Waals surface area contributed by atoms with Crippen LogP contribution in [0, 0.1) is 17.4 Å². The van der Waals surface area contributed by atoms with E-state index in [1.165, 1.54) is 53.9 Å². The van der Waals surface area contributed by atoms with Crippen molar-refractivity contribution in [2.45, 2.75) is 13.8 Å². The lowest BCUT2D eigenvalue weighted by molar-refractivity contribution is 1.40. The minimum atomic E-state index is 1.07. The van der Waals surface area contributed by atoms with Gasteiger partial charge in [-0.3, -0.25) is 0 Å². The van der Waals surface area contributed by atoms with Crippen LogP contribution in [0.25, 0.3) is 45.3 Å². The second-order valence-electron chi connectivity index (χ2n) is 7.80. The van der Waals surface area contributed by atoms with E-state index in [1.807, 2.05) is 0 Å². The molecule has 0 unspecified atom stereocenters. The second-order valence-corrected chi connectivity index (χ2v) is 7.80. The van der Waals surface area contributed by atoms with E-state index in [2.05, 4.69) is 117 Å². The molecular weight excluding hydrogens is 360 g/mol. The van der Waals surface area contributed by atoms with Gasteiger partial charge in [0.2, 0.25) is 0 Å². The Labute approximate surface area is 176 Å². The van der Waals surface area contributed by atoms with Crippen molar-refractivity contribution in [1.82, 2.24) is 0 Å². The Kier molecular flexibility index (Phi) is 4.48. The molecule has 0 radical (unpaired) electrons. The van der Waals surface area contributed by atoms with Crippen LogP contribution in [0.1, 0.15) is 12.5 Å². The first-order chi connectivity index (χ1) is 14.7. The van der Waals surface area contributed by atoms with Gasteiger partial charge in [-0.05, 0) is 73.0 Å². The molecule has 5 aromatic carbocycles. The quantitative estimate of drug-likeness (QED) is 0.291. The Morgan fingerprint density at radius 3 is 1.77 bits per heavy atom. The molecule has 0 spiro atoms. The maximum absolute atomic E-state index is 4.57. The fourth-order valence-corrected chi connectivity index (χ4v) is 4.70. The molecule has 0 amide bonds. The molecule has 0 nitrogen and oxygen atoms in total. The summed E-state index contributed by atoms with van der Waals surface area (Å²) in [7, 11) is 0. The highest BCUT2D eigenvalue weighted by atomic mass is 14.2. The van der Waals surface area contributed by atoms with Crippen molar-refractivity contribution in [2.24, 2.45) is 0 Å². The molecule has 0 saturated carbocycles. The van der Waals surface area contributed by atoms with Gasteiger partial charge in [-0.2, -0.15) is 0 Å². The van der Waals surface area contributed by atoms with E-state index in [9.17, 15) is 0 Å². The summed E-state index contributed by atoms with van der Waals surface area (Å²) in [6, 6.07) is 32.6. The van der Waals surface area contributed by atoms with Crippen LogP contribution in [-0.4, -0.2) is 0 Å². The van der Waals surface area contributed by atoms with Crippen molar-refractivity contribution < 1.29 is 0 Å². The minimum absolute atomic E-state index is 1.07. The molecule has 0 aliphatic heterocycles. The molecule has 0 fully saturated rings. The predicted molar refractivity (Wildman–Crippen MR) is 131 cm³/mol. The predicted octanol–water partition coefficient (Wildman–Crippen LogP) is 6.47. The van der Waals surface area contributed by atoms with Crippen LogP contribution >= 0.6 is 0 Å². The summed E-state index contributed by atoms with van der Waals surface area (Å²) in [5.41, 5.74) is 3.81. The van der Waals surface area contributed by atoms with Gasteiger partial charge in [-0.1, -0.05) is 104 Å². The molecule has 0 aliphatic carbocycles. The van der Waals surface area contributed by atoms with Gasteiger partial charge in [-0.15, -0.1) is 0 Å². The second kappa shape index (κ2) is 7.31. The average Bonchev–Trinajstić information content (AvgIpc) is 2.80. The molecule has 0 atom stereocenters. The van der Waals surface area contributed by atoms with Crippen molar-refractivity contribution in [3.05, 3.63) is 117 Å². The smallest absolute Gasteiger partial charge is 0.00206 e. The van der Waals surface area contributed by atoms with Crippen LogP contribution in [-0.2, 0) is 0 Å². The molecule has 0 N–H and O–H groups in total. The highest BCUT2D eigenvalue weighted by Gasteiger charge is 2.13. The Balaban J connectivity index is 2.04. The van der Waals surface area contributed by atoms with E-state index in [-0.39, 0.29) is 0 Å². The van der Waals surface area contributed by atoms with Crippen LogP contribution in [0.15, 0.2) is 91.0 Å². The van der Waals surface area contributed by atoms with Crippen molar-refractivity contribution in [3.63, 3.8) is 0 Å². The largest absolute Gasteiger partial charge is 0.0905 e. The highest BCUT2D eigenvalue weighted by Crippen LogP contribution is 2.37. The standard InChI is InChI=1S/C30H24/c1-4-22-12-5-6-15-27(22)23-18-11-19-26(21(23)3)30-28-16-9-7-13-24(28)20(2)25-14-8-10-17-29(25)30/h4-19H,3H2,1-2H3/b22-4?,27-23-. The number of aryl methyl sites for hydroxylation is 1. The van der Waals surface area contributed by atoms with Crippen molar-refractivity contribution in [2.75, 3.05) is 0 Å². The maximum Gasteiger partial charge on any atom is -0.00206 e. The maximum atomic E-state index is 4.57. The average molecular weight is 385 g/mol. The highest BCUT2D eigenvalue weighted by molar-refractivity contribution is 6.14. The molecule has 0 aliphatic rings. The molecule has 0 heterocycles. The molecule has 30 heavy (non-hydrogen) atoms. The lowest BCUT2D eigenvalue weighted by atomic mass is 9.88. The molecule has 5 rings (SSSR count). The van der Waals surface area contributed by atoms with Crippen LogP contribution in [0.3, 0.4) is 0 Å². The summed E-state index contributed by atoms with van der Waals surface area (Å²) < 4.78 is 0. The van der Waals surface area contributed by atoms with Crippen LogP contribution < -0.4 is 10.4 Å². The molecule has 0 saturated heterocycles. The summed E-state index contributed by atoms with van der Waals surface area (Å²) in [5, 5.41) is 9.90. The summed E-state index contributed by atoms with van der Waals surface area (Å²) in [4.78, 5) is 0. The normalized spacial score (nSPS) is 13.2. The number of benzene rings is 5.